The van der Waals surface area contributed by atoms with Crippen molar-refractivity contribution < 1.29 is 9.21 Å². The molecule has 3 aromatic rings. The maximum atomic E-state index is 13.0. The van der Waals surface area contributed by atoms with Gasteiger partial charge in [0, 0.05) is 24.7 Å². The molecule has 0 bridgehead atoms. The van der Waals surface area contributed by atoms with Crippen molar-refractivity contribution in [2.24, 2.45) is 0 Å². The van der Waals surface area contributed by atoms with Gasteiger partial charge in [0.25, 0.3) is 5.91 Å². The Bertz CT molecular complexity index is 847. The highest BCUT2D eigenvalue weighted by Gasteiger charge is 2.27. The molecule has 1 fully saturated rings. The van der Waals surface area contributed by atoms with Crippen molar-refractivity contribution >= 4 is 5.91 Å². The summed E-state index contributed by atoms with van der Waals surface area (Å²) < 4.78 is 7.85. The summed E-state index contributed by atoms with van der Waals surface area (Å²) in [7, 11) is 0. The van der Waals surface area contributed by atoms with E-state index in [1.165, 1.54) is 0 Å². The summed E-state index contributed by atoms with van der Waals surface area (Å²) in [5.41, 5.74) is 1.57. The van der Waals surface area contributed by atoms with Crippen molar-refractivity contribution in [3.63, 3.8) is 0 Å². The third-order valence-corrected chi connectivity index (χ3v) is 4.73. The van der Waals surface area contributed by atoms with Crippen molar-refractivity contribution in [3.8, 4) is 11.3 Å². The minimum absolute atomic E-state index is 0.0397. The Kier molecular flexibility index (Phi) is 4.09. The number of nitrogens with zero attached hydrogens (tertiary/aromatic N) is 4. The molecule has 2 aromatic heterocycles. The van der Waals surface area contributed by atoms with Gasteiger partial charge in [0.05, 0.1) is 5.56 Å². The van der Waals surface area contributed by atoms with Crippen LogP contribution in [0.3, 0.4) is 0 Å². The zero-order valence-electron chi connectivity index (χ0n) is 14.1. The highest BCUT2D eigenvalue weighted by Crippen LogP contribution is 2.30. The van der Waals surface area contributed by atoms with Gasteiger partial charge in [0.1, 0.15) is 24.2 Å². The number of aryl methyl sites for hydroxylation is 1. The molecular formula is C19H20N4O2. The van der Waals surface area contributed by atoms with Gasteiger partial charge in [-0.05, 0) is 25.8 Å². The van der Waals surface area contributed by atoms with Gasteiger partial charge < -0.3 is 13.9 Å². The zero-order chi connectivity index (χ0) is 17.2. The van der Waals surface area contributed by atoms with Gasteiger partial charge in [-0.15, -0.1) is 10.2 Å². The van der Waals surface area contributed by atoms with Crippen LogP contribution in [-0.2, 0) is 0 Å². The summed E-state index contributed by atoms with van der Waals surface area (Å²) in [6.07, 6.45) is 5.30. The molecule has 4 rings (SSSR count). The Morgan fingerprint density at radius 2 is 1.80 bits per heavy atom. The third kappa shape index (κ3) is 3.07. The van der Waals surface area contributed by atoms with Gasteiger partial charge in [0.2, 0.25) is 0 Å². The number of hydrogen-bond acceptors (Lipinski definition) is 4. The van der Waals surface area contributed by atoms with Crippen LogP contribution in [0.2, 0.25) is 0 Å². The predicted octanol–water partition coefficient (Wildman–Crippen LogP) is 3.32. The van der Waals surface area contributed by atoms with Crippen LogP contribution in [0.1, 0.15) is 35.0 Å². The molecule has 128 valence electrons. The Balaban J connectivity index is 1.53. The number of furan rings is 1. The maximum Gasteiger partial charge on any atom is 0.257 e. The molecule has 6 nitrogen and oxygen atoms in total. The number of aromatic nitrogens is 3. The third-order valence-electron chi connectivity index (χ3n) is 4.73. The molecule has 0 unspecified atom stereocenters. The number of likely N-dealkylation sites (tertiary alicyclic amines) is 1. The molecule has 0 radical (unpaired) electrons. The van der Waals surface area contributed by atoms with Gasteiger partial charge in [0.15, 0.2) is 0 Å². The summed E-state index contributed by atoms with van der Waals surface area (Å²) >= 11 is 0. The predicted molar refractivity (Wildman–Crippen MR) is 93.1 cm³/mol. The molecule has 0 N–H and O–H groups in total. The molecule has 0 spiro atoms. The molecule has 1 aliphatic rings. The van der Waals surface area contributed by atoms with Crippen molar-refractivity contribution in [2.75, 3.05) is 13.1 Å². The van der Waals surface area contributed by atoms with E-state index in [0.29, 0.717) is 17.4 Å². The number of benzene rings is 1. The van der Waals surface area contributed by atoms with Crippen LogP contribution in [0.25, 0.3) is 11.3 Å². The molecule has 0 aliphatic carbocycles. The minimum Gasteiger partial charge on any atom is -0.461 e. The van der Waals surface area contributed by atoms with E-state index in [1.807, 2.05) is 52.8 Å². The average molecular weight is 336 g/mol. The molecule has 25 heavy (non-hydrogen) atoms. The van der Waals surface area contributed by atoms with Crippen LogP contribution in [0.4, 0.5) is 0 Å². The number of rotatable bonds is 3. The van der Waals surface area contributed by atoms with Crippen LogP contribution < -0.4 is 0 Å². The van der Waals surface area contributed by atoms with Gasteiger partial charge in [-0.25, -0.2) is 0 Å². The van der Waals surface area contributed by atoms with E-state index in [1.54, 1.807) is 12.7 Å². The first kappa shape index (κ1) is 15.6. The van der Waals surface area contributed by atoms with E-state index >= 15 is 0 Å². The lowest BCUT2D eigenvalue weighted by molar-refractivity contribution is 0.0695. The summed E-state index contributed by atoms with van der Waals surface area (Å²) in [5.74, 6) is 1.45. The number of amides is 1. The lowest BCUT2D eigenvalue weighted by Gasteiger charge is -2.32. The smallest absolute Gasteiger partial charge is 0.257 e. The molecule has 1 amide bonds. The molecular weight excluding hydrogens is 316 g/mol. The highest BCUT2D eigenvalue weighted by molar-refractivity contribution is 5.99. The molecule has 1 aromatic carbocycles. The number of carbonyl (C=O) groups is 1. The molecule has 6 heteroatoms. The first-order valence-corrected chi connectivity index (χ1v) is 8.51. The normalized spacial score (nSPS) is 15.5. The Morgan fingerprint density at radius 3 is 2.48 bits per heavy atom. The summed E-state index contributed by atoms with van der Waals surface area (Å²) in [6.45, 7) is 3.32. The van der Waals surface area contributed by atoms with Crippen LogP contribution in [0, 0.1) is 6.92 Å². The first-order valence-electron chi connectivity index (χ1n) is 8.51. The number of hydrogen-bond donors (Lipinski definition) is 0. The van der Waals surface area contributed by atoms with Crippen LogP contribution in [0.5, 0.6) is 0 Å². The van der Waals surface area contributed by atoms with E-state index in [2.05, 4.69) is 10.2 Å². The van der Waals surface area contributed by atoms with E-state index in [0.717, 1.165) is 37.3 Å². The van der Waals surface area contributed by atoms with Crippen molar-refractivity contribution in [3.05, 3.63) is 60.4 Å². The lowest BCUT2D eigenvalue weighted by atomic mass is 10.0. The van der Waals surface area contributed by atoms with E-state index in [-0.39, 0.29) is 5.91 Å². The van der Waals surface area contributed by atoms with Crippen molar-refractivity contribution in [1.82, 2.24) is 19.7 Å². The fraction of sp³-hybridized carbons (Fsp3) is 0.316. The second kappa shape index (κ2) is 6.55. The average Bonchev–Trinajstić information content (AvgIpc) is 3.32. The topological polar surface area (TPSA) is 64.2 Å². The molecule has 0 atom stereocenters. The number of carbonyl (C=O) groups excluding carboxylic acids is 1. The van der Waals surface area contributed by atoms with E-state index in [4.69, 9.17) is 4.42 Å². The summed E-state index contributed by atoms with van der Waals surface area (Å²) in [4.78, 5) is 14.9. The van der Waals surface area contributed by atoms with E-state index < -0.39 is 0 Å². The fourth-order valence-corrected chi connectivity index (χ4v) is 3.41. The van der Waals surface area contributed by atoms with Crippen molar-refractivity contribution in [2.45, 2.75) is 25.8 Å². The number of piperidine rings is 1. The Morgan fingerprint density at radius 1 is 1.12 bits per heavy atom. The second-order valence-corrected chi connectivity index (χ2v) is 6.40. The summed E-state index contributed by atoms with van der Waals surface area (Å²) in [5, 5.41) is 7.73. The molecule has 0 saturated carbocycles. The van der Waals surface area contributed by atoms with E-state index in [9.17, 15) is 4.79 Å². The largest absolute Gasteiger partial charge is 0.461 e. The molecule has 1 aliphatic heterocycles. The van der Waals surface area contributed by atoms with Gasteiger partial charge in [-0.1, -0.05) is 30.3 Å². The van der Waals surface area contributed by atoms with Crippen LogP contribution in [-0.4, -0.2) is 38.7 Å². The second-order valence-electron chi connectivity index (χ2n) is 6.40. The Hall–Kier alpha value is -2.89. The first-order chi connectivity index (χ1) is 12.2. The van der Waals surface area contributed by atoms with Gasteiger partial charge in [-0.3, -0.25) is 4.79 Å². The maximum absolute atomic E-state index is 13.0. The zero-order valence-corrected chi connectivity index (χ0v) is 14.1. The van der Waals surface area contributed by atoms with Crippen LogP contribution >= 0.6 is 0 Å². The fourth-order valence-electron chi connectivity index (χ4n) is 3.41. The summed E-state index contributed by atoms with van der Waals surface area (Å²) in [6, 6.07) is 12.0. The molecule has 3 heterocycles. The quantitative estimate of drug-likeness (QED) is 0.736. The monoisotopic (exact) mass is 336 g/mol. The van der Waals surface area contributed by atoms with Crippen molar-refractivity contribution in [1.29, 1.82) is 0 Å². The standard InChI is InChI=1S/C19H20N4O2/c1-14-11-17(18(25-14)15-5-3-2-4-6-15)19(24)22-9-7-16(8-10-22)23-12-20-21-13-23/h2-6,11-13,16H,7-10H2,1H3. The van der Waals surface area contributed by atoms with Gasteiger partial charge >= 0.3 is 0 Å². The minimum atomic E-state index is 0.0397. The SMILES string of the molecule is Cc1cc(C(=O)N2CCC(n3cnnc3)CC2)c(-c2ccccc2)o1. The molecule has 1 saturated heterocycles. The van der Waals surface area contributed by atoms with Gasteiger partial charge in [-0.2, -0.15) is 0 Å². The lowest BCUT2D eigenvalue weighted by Crippen LogP contribution is -2.39. The Labute approximate surface area is 146 Å². The van der Waals surface area contributed by atoms with Crippen LogP contribution in [0.15, 0.2) is 53.5 Å². The highest BCUT2D eigenvalue weighted by atomic mass is 16.3.